The summed E-state index contributed by atoms with van der Waals surface area (Å²) in [5.74, 6) is 4.38. The van der Waals surface area contributed by atoms with E-state index in [0.29, 0.717) is 34.6 Å². The Hall–Kier alpha value is -0.450. The maximum atomic E-state index is 11.6. The molecular formula is C30H55N3O. The van der Waals surface area contributed by atoms with E-state index in [9.17, 15) is 4.79 Å². The van der Waals surface area contributed by atoms with Crippen LogP contribution in [0, 0.1) is 40.4 Å². The van der Waals surface area contributed by atoms with Gasteiger partial charge in [0, 0.05) is 37.1 Å². The Bertz CT molecular complexity index is 724. The molecule has 34 heavy (non-hydrogen) atoms. The first-order chi connectivity index (χ1) is 16.0. The smallest absolute Gasteiger partial charge is 0.129 e. The van der Waals surface area contributed by atoms with Gasteiger partial charge in [0.05, 0.1) is 0 Å². The van der Waals surface area contributed by atoms with Gasteiger partial charge in [0.15, 0.2) is 0 Å². The molecule has 0 heterocycles. The number of rotatable bonds is 9. The van der Waals surface area contributed by atoms with Crippen LogP contribution in [0.1, 0.15) is 112 Å². The van der Waals surface area contributed by atoms with E-state index in [1.165, 1.54) is 51.4 Å². The largest absolute Gasteiger partial charge is 0.325 e. The van der Waals surface area contributed by atoms with Crippen LogP contribution in [0.2, 0.25) is 0 Å². The molecular weight excluding hydrogens is 418 g/mol. The molecule has 0 radical (unpaired) electrons. The summed E-state index contributed by atoms with van der Waals surface area (Å²) in [5, 5.41) is 7.37. The van der Waals surface area contributed by atoms with Crippen LogP contribution in [0.25, 0.3) is 0 Å². The number of carbonyl (C=O) groups excluding carboxylic acids is 1. The molecule has 9 unspecified atom stereocenters. The lowest BCUT2D eigenvalue weighted by atomic mass is 9.42. The second-order valence-electron chi connectivity index (χ2n) is 13.9. The van der Waals surface area contributed by atoms with Gasteiger partial charge in [-0.1, -0.05) is 34.6 Å². The van der Waals surface area contributed by atoms with Crippen molar-refractivity contribution in [3.63, 3.8) is 0 Å². The third-order valence-electron chi connectivity index (χ3n) is 11.8. The number of Topliss-reactive ketones (excluding diaryl/α,β-unsaturated/α-hetero) is 1. The third kappa shape index (κ3) is 4.77. The van der Waals surface area contributed by atoms with Gasteiger partial charge in [-0.15, -0.1) is 0 Å². The quantitative estimate of drug-likeness (QED) is 0.376. The average molecular weight is 474 g/mol. The molecule has 0 spiro atoms. The van der Waals surface area contributed by atoms with E-state index in [-0.39, 0.29) is 5.54 Å². The Morgan fingerprint density at radius 1 is 0.971 bits per heavy atom. The lowest BCUT2D eigenvalue weighted by Crippen LogP contribution is -2.68. The molecule has 4 aliphatic rings. The topological polar surface area (TPSA) is 67.2 Å². The van der Waals surface area contributed by atoms with Gasteiger partial charge in [0.25, 0.3) is 0 Å². The summed E-state index contributed by atoms with van der Waals surface area (Å²) in [5.41, 5.74) is 8.14. The molecule has 0 aliphatic heterocycles. The van der Waals surface area contributed by atoms with E-state index in [1.54, 1.807) is 6.92 Å². The highest BCUT2D eigenvalue weighted by Gasteiger charge is 2.63. The fraction of sp³-hybridized carbons (Fsp3) is 0.967. The van der Waals surface area contributed by atoms with Gasteiger partial charge >= 0.3 is 0 Å². The summed E-state index contributed by atoms with van der Waals surface area (Å²) in [6.07, 6.45) is 13.7. The van der Waals surface area contributed by atoms with Crippen molar-refractivity contribution in [1.29, 1.82) is 0 Å². The maximum Gasteiger partial charge on any atom is 0.129 e. The van der Waals surface area contributed by atoms with Crippen molar-refractivity contribution in [2.24, 2.45) is 46.2 Å². The van der Waals surface area contributed by atoms with Gasteiger partial charge in [-0.3, -0.25) is 0 Å². The summed E-state index contributed by atoms with van der Waals surface area (Å²) < 4.78 is 0. The Kier molecular flexibility index (Phi) is 7.93. The van der Waals surface area contributed by atoms with Crippen LogP contribution in [0.5, 0.6) is 0 Å². The van der Waals surface area contributed by atoms with Crippen molar-refractivity contribution in [2.45, 2.75) is 130 Å². The van der Waals surface area contributed by atoms with Gasteiger partial charge in [-0.05, 0) is 112 Å². The zero-order valence-electron chi connectivity index (χ0n) is 23.2. The van der Waals surface area contributed by atoms with Crippen molar-refractivity contribution in [1.82, 2.24) is 10.6 Å². The molecule has 0 aromatic carbocycles. The Labute approximate surface area is 210 Å². The van der Waals surface area contributed by atoms with Crippen LogP contribution < -0.4 is 16.4 Å². The van der Waals surface area contributed by atoms with E-state index >= 15 is 0 Å². The number of nitrogens with one attached hydrogen (secondary N) is 2. The van der Waals surface area contributed by atoms with Gasteiger partial charge in [-0.2, -0.15) is 0 Å². The third-order valence-corrected chi connectivity index (χ3v) is 11.8. The average Bonchev–Trinajstić information content (AvgIpc) is 3.13. The molecule has 4 saturated carbocycles. The Morgan fingerprint density at radius 3 is 2.44 bits per heavy atom. The molecule has 9 atom stereocenters. The minimum absolute atomic E-state index is 0.00388. The minimum atomic E-state index is -0.00388. The van der Waals surface area contributed by atoms with Crippen LogP contribution in [0.15, 0.2) is 0 Å². The van der Waals surface area contributed by atoms with E-state index in [2.05, 4.69) is 45.3 Å². The molecule has 196 valence electrons. The second-order valence-corrected chi connectivity index (χ2v) is 13.9. The summed E-state index contributed by atoms with van der Waals surface area (Å²) >= 11 is 0. The first kappa shape index (κ1) is 26.6. The zero-order chi connectivity index (χ0) is 24.7. The lowest BCUT2D eigenvalue weighted by molar-refractivity contribution is -0.129. The van der Waals surface area contributed by atoms with Crippen molar-refractivity contribution in [2.75, 3.05) is 13.1 Å². The van der Waals surface area contributed by atoms with Crippen molar-refractivity contribution >= 4 is 5.78 Å². The highest BCUT2D eigenvalue weighted by molar-refractivity contribution is 5.75. The van der Waals surface area contributed by atoms with E-state index in [4.69, 9.17) is 5.73 Å². The second kappa shape index (κ2) is 10.1. The summed E-state index contributed by atoms with van der Waals surface area (Å²) in [6, 6.07) is 1.13. The molecule has 4 fully saturated rings. The molecule has 4 heteroatoms. The fourth-order valence-electron chi connectivity index (χ4n) is 9.76. The highest BCUT2D eigenvalue weighted by Crippen LogP contribution is 2.68. The Morgan fingerprint density at radius 2 is 1.74 bits per heavy atom. The van der Waals surface area contributed by atoms with Crippen LogP contribution in [0.4, 0.5) is 0 Å². The van der Waals surface area contributed by atoms with Gasteiger partial charge < -0.3 is 21.2 Å². The fourth-order valence-corrected chi connectivity index (χ4v) is 9.76. The first-order valence-corrected chi connectivity index (χ1v) is 14.8. The SMILES string of the molecule is CC(=O)CCC(C)C1CCC2C3CCC4(N)CC(NCCNC(C)C)CCC4(C)C3CCC12C. The summed E-state index contributed by atoms with van der Waals surface area (Å²) in [4.78, 5) is 11.6. The van der Waals surface area contributed by atoms with Crippen molar-refractivity contribution in [3.8, 4) is 0 Å². The zero-order valence-corrected chi connectivity index (χ0v) is 23.2. The predicted molar refractivity (Wildman–Crippen MR) is 143 cm³/mol. The van der Waals surface area contributed by atoms with Crippen LogP contribution >= 0.6 is 0 Å². The van der Waals surface area contributed by atoms with Crippen LogP contribution in [-0.4, -0.2) is 36.5 Å². The number of fused-ring (bicyclic) bond motifs is 5. The van der Waals surface area contributed by atoms with Gasteiger partial charge in [-0.25, -0.2) is 0 Å². The number of ketones is 1. The number of nitrogens with two attached hydrogens (primary N) is 1. The molecule has 4 aliphatic carbocycles. The van der Waals surface area contributed by atoms with E-state index < -0.39 is 0 Å². The van der Waals surface area contributed by atoms with Crippen LogP contribution in [0.3, 0.4) is 0 Å². The molecule has 0 aromatic rings. The van der Waals surface area contributed by atoms with Crippen molar-refractivity contribution in [3.05, 3.63) is 0 Å². The molecule has 4 rings (SSSR count). The number of hydrogen-bond acceptors (Lipinski definition) is 4. The minimum Gasteiger partial charge on any atom is -0.325 e. The van der Waals surface area contributed by atoms with E-state index in [0.717, 1.165) is 56.0 Å². The summed E-state index contributed by atoms with van der Waals surface area (Å²) in [6.45, 7) is 15.9. The van der Waals surface area contributed by atoms with Gasteiger partial charge in [0.1, 0.15) is 5.78 Å². The van der Waals surface area contributed by atoms with Gasteiger partial charge in [0.2, 0.25) is 0 Å². The monoisotopic (exact) mass is 473 g/mol. The maximum absolute atomic E-state index is 11.6. The Balaban J connectivity index is 1.41. The van der Waals surface area contributed by atoms with Crippen molar-refractivity contribution < 1.29 is 4.79 Å². The molecule has 0 bridgehead atoms. The molecule has 4 N–H and O–H groups in total. The highest BCUT2D eigenvalue weighted by atomic mass is 16.1. The standard InChI is InChI=1S/C30H55N3O/c1-20(2)32-17-18-33-23-11-15-29(6)27-13-14-28(5)25(21(3)7-8-22(4)34)9-10-26(28)24(27)12-16-30(29,31)19-23/h20-21,23-27,32-33H,7-19,31H2,1-6H3. The normalized spacial score (nSPS) is 44.9. The number of hydrogen-bond donors (Lipinski definition) is 3. The molecule has 0 aromatic heterocycles. The predicted octanol–water partition coefficient (Wildman–Crippen LogP) is 5.69. The molecule has 0 saturated heterocycles. The first-order valence-electron chi connectivity index (χ1n) is 14.8. The summed E-state index contributed by atoms with van der Waals surface area (Å²) in [7, 11) is 0. The number of carbonyl (C=O) groups is 1. The molecule has 0 amide bonds. The lowest BCUT2D eigenvalue weighted by Gasteiger charge is -2.65. The molecule has 4 nitrogen and oxygen atoms in total. The van der Waals surface area contributed by atoms with Crippen LogP contribution in [-0.2, 0) is 4.79 Å². The van der Waals surface area contributed by atoms with E-state index in [1.807, 2.05) is 0 Å².